The molecule has 1 aliphatic heterocycles. The van der Waals surface area contributed by atoms with Crippen molar-refractivity contribution >= 4 is 33.2 Å². The highest BCUT2D eigenvalue weighted by Crippen LogP contribution is 2.31. The van der Waals surface area contributed by atoms with Gasteiger partial charge in [-0.25, -0.2) is 0 Å². The first-order chi connectivity index (χ1) is 9.16. The van der Waals surface area contributed by atoms with Crippen molar-refractivity contribution in [1.82, 2.24) is 10.6 Å². The molecule has 1 unspecified atom stereocenters. The molecule has 0 radical (unpaired) electrons. The molecule has 0 bridgehead atoms. The molecule has 0 aliphatic carbocycles. The molecule has 1 amide bonds. The monoisotopic (exact) mass is 344 g/mol. The van der Waals surface area contributed by atoms with Gasteiger partial charge in [-0.3, -0.25) is 4.79 Å². The molecule has 1 aliphatic rings. The van der Waals surface area contributed by atoms with Crippen molar-refractivity contribution in [3.05, 3.63) is 20.8 Å². The average molecular weight is 345 g/mol. The number of amides is 1. The highest BCUT2D eigenvalue weighted by Gasteiger charge is 2.39. The van der Waals surface area contributed by atoms with Crippen LogP contribution in [0.15, 0.2) is 15.9 Å². The Kier molecular flexibility index (Phi) is 5.42. The lowest BCUT2D eigenvalue weighted by Gasteiger charge is -2.26. The van der Waals surface area contributed by atoms with E-state index in [9.17, 15) is 4.79 Å². The Morgan fingerprint density at radius 1 is 1.58 bits per heavy atom. The summed E-state index contributed by atoms with van der Waals surface area (Å²) in [6.07, 6.45) is 3.93. The Hall–Kier alpha value is -0.390. The van der Waals surface area contributed by atoms with E-state index >= 15 is 0 Å². The summed E-state index contributed by atoms with van der Waals surface area (Å²) in [7, 11) is 0. The third-order valence-corrected chi connectivity index (χ3v) is 5.42. The molecule has 1 aromatic rings. The van der Waals surface area contributed by atoms with E-state index in [0.717, 1.165) is 49.1 Å². The van der Waals surface area contributed by atoms with Gasteiger partial charge in [-0.05, 0) is 53.9 Å². The largest absolute Gasteiger partial charge is 0.355 e. The van der Waals surface area contributed by atoms with Crippen molar-refractivity contribution in [2.75, 3.05) is 19.6 Å². The number of carbonyl (C=O) groups is 1. The number of hydrogen-bond donors (Lipinski definition) is 2. The first kappa shape index (κ1) is 15.0. The molecule has 19 heavy (non-hydrogen) atoms. The zero-order valence-electron chi connectivity index (χ0n) is 11.3. The lowest BCUT2D eigenvalue weighted by atomic mass is 9.81. The third-order valence-electron chi connectivity index (χ3n) is 3.74. The van der Waals surface area contributed by atoms with Crippen LogP contribution >= 0.6 is 27.3 Å². The van der Waals surface area contributed by atoms with Gasteiger partial charge in [-0.15, -0.1) is 11.3 Å². The van der Waals surface area contributed by atoms with Crippen LogP contribution in [0.3, 0.4) is 0 Å². The molecule has 0 saturated carbocycles. The predicted molar refractivity (Wildman–Crippen MR) is 83.6 cm³/mol. The first-order valence-electron chi connectivity index (χ1n) is 6.89. The van der Waals surface area contributed by atoms with E-state index in [1.165, 1.54) is 4.88 Å². The lowest BCUT2D eigenvalue weighted by Crippen LogP contribution is -2.43. The van der Waals surface area contributed by atoms with E-state index in [2.05, 4.69) is 45.6 Å². The standard InChI is InChI=1S/C14H21BrN2OS/c1-2-6-14(7-9-16-10-14)13(18)17-8-5-11-3-4-12(15)19-11/h3-4,16H,2,5-10H2,1H3,(H,17,18). The van der Waals surface area contributed by atoms with Crippen LogP contribution in [-0.2, 0) is 11.2 Å². The molecule has 1 aromatic heterocycles. The first-order valence-corrected chi connectivity index (χ1v) is 8.50. The molecular formula is C14H21BrN2OS. The second-order valence-electron chi connectivity index (χ2n) is 5.17. The molecule has 106 valence electrons. The minimum atomic E-state index is -0.162. The third kappa shape index (κ3) is 3.80. The van der Waals surface area contributed by atoms with Gasteiger partial charge in [0.15, 0.2) is 0 Å². The van der Waals surface area contributed by atoms with Crippen molar-refractivity contribution in [3.8, 4) is 0 Å². The summed E-state index contributed by atoms with van der Waals surface area (Å²) in [6.45, 7) is 4.68. The maximum atomic E-state index is 12.4. The van der Waals surface area contributed by atoms with Crippen LogP contribution in [0.4, 0.5) is 0 Å². The summed E-state index contributed by atoms with van der Waals surface area (Å²) in [4.78, 5) is 13.7. The van der Waals surface area contributed by atoms with Gasteiger partial charge in [0.2, 0.25) is 5.91 Å². The Morgan fingerprint density at radius 2 is 2.42 bits per heavy atom. The second kappa shape index (κ2) is 6.86. The number of hydrogen-bond acceptors (Lipinski definition) is 3. The van der Waals surface area contributed by atoms with Crippen molar-refractivity contribution in [3.63, 3.8) is 0 Å². The van der Waals surface area contributed by atoms with Gasteiger partial charge in [-0.1, -0.05) is 13.3 Å². The number of halogens is 1. The molecular weight excluding hydrogens is 324 g/mol. The van der Waals surface area contributed by atoms with E-state index in [4.69, 9.17) is 0 Å². The van der Waals surface area contributed by atoms with E-state index < -0.39 is 0 Å². The SMILES string of the molecule is CCCC1(C(=O)NCCc2ccc(Br)s2)CCNC1. The van der Waals surface area contributed by atoms with Gasteiger partial charge < -0.3 is 10.6 Å². The molecule has 2 N–H and O–H groups in total. The van der Waals surface area contributed by atoms with Crippen LogP contribution in [0.2, 0.25) is 0 Å². The molecule has 3 nitrogen and oxygen atoms in total. The Balaban J connectivity index is 1.82. The van der Waals surface area contributed by atoms with E-state index in [0.29, 0.717) is 0 Å². The second-order valence-corrected chi connectivity index (χ2v) is 7.72. The van der Waals surface area contributed by atoms with Gasteiger partial charge in [0.1, 0.15) is 0 Å². The zero-order chi connectivity index (χ0) is 13.7. The Morgan fingerprint density at radius 3 is 3.00 bits per heavy atom. The van der Waals surface area contributed by atoms with Gasteiger partial charge >= 0.3 is 0 Å². The smallest absolute Gasteiger partial charge is 0.227 e. The summed E-state index contributed by atoms with van der Waals surface area (Å²) < 4.78 is 1.15. The fourth-order valence-corrected chi connectivity index (χ4v) is 4.20. The van der Waals surface area contributed by atoms with Crippen LogP contribution in [0.1, 0.15) is 31.1 Å². The normalized spacial score (nSPS) is 22.6. The predicted octanol–water partition coefficient (Wildman–Crippen LogP) is 2.95. The highest BCUT2D eigenvalue weighted by atomic mass is 79.9. The van der Waals surface area contributed by atoms with Gasteiger partial charge in [0.25, 0.3) is 0 Å². The fourth-order valence-electron chi connectivity index (χ4n) is 2.72. The van der Waals surface area contributed by atoms with Crippen molar-refractivity contribution in [1.29, 1.82) is 0 Å². The summed E-state index contributed by atoms with van der Waals surface area (Å²) in [6, 6.07) is 4.17. The Labute approximate surface area is 127 Å². The number of rotatable bonds is 6. The fraction of sp³-hybridized carbons (Fsp3) is 0.643. The zero-order valence-corrected chi connectivity index (χ0v) is 13.7. The Bertz CT molecular complexity index is 427. The summed E-state index contributed by atoms with van der Waals surface area (Å²) in [5, 5.41) is 6.45. The molecule has 5 heteroatoms. The van der Waals surface area contributed by atoms with Crippen LogP contribution < -0.4 is 10.6 Å². The molecule has 2 heterocycles. The van der Waals surface area contributed by atoms with Gasteiger partial charge in [0, 0.05) is 18.0 Å². The maximum Gasteiger partial charge on any atom is 0.227 e. The average Bonchev–Trinajstić information content (AvgIpc) is 3.00. The molecule has 2 rings (SSSR count). The number of nitrogens with one attached hydrogen (secondary N) is 2. The highest BCUT2D eigenvalue weighted by molar-refractivity contribution is 9.11. The quantitative estimate of drug-likeness (QED) is 0.832. The van der Waals surface area contributed by atoms with Crippen LogP contribution in [-0.4, -0.2) is 25.5 Å². The van der Waals surface area contributed by atoms with Crippen LogP contribution in [0.25, 0.3) is 0 Å². The van der Waals surface area contributed by atoms with Gasteiger partial charge in [-0.2, -0.15) is 0 Å². The van der Waals surface area contributed by atoms with Crippen molar-refractivity contribution in [2.24, 2.45) is 5.41 Å². The minimum Gasteiger partial charge on any atom is -0.355 e. The van der Waals surface area contributed by atoms with Crippen molar-refractivity contribution < 1.29 is 4.79 Å². The summed E-state index contributed by atoms with van der Waals surface area (Å²) in [5.74, 6) is 0.231. The van der Waals surface area contributed by atoms with Crippen LogP contribution in [0, 0.1) is 5.41 Å². The summed E-state index contributed by atoms with van der Waals surface area (Å²) >= 11 is 5.19. The van der Waals surface area contributed by atoms with Crippen LogP contribution in [0.5, 0.6) is 0 Å². The van der Waals surface area contributed by atoms with Gasteiger partial charge in [0.05, 0.1) is 9.20 Å². The lowest BCUT2D eigenvalue weighted by molar-refractivity contribution is -0.130. The molecule has 0 spiro atoms. The van der Waals surface area contributed by atoms with E-state index in [-0.39, 0.29) is 11.3 Å². The molecule has 1 saturated heterocycles. The van der Waals surface area contributed by atoms with E-state index in [1.807, 2.05) is 0 Å². The number of carbonyl (C=O) groups excluding carboxylic acids is 1. The minimum absolute atomic E-state index is 0.162. The summed E-state index contributed by atoms with van der Waals surface area (Å²) in [5.41, 5.74) is -0.162. The number of thiophene rings is 1. The van der Waals surface area contributed by atoms with Crippen molar-refractivity contribution in [2.45, 2.75) is 32.6 Å². The van der Waals surface area contributed by atoms with E-state index in [1.54, 1.807) is 11.3 Å². The molecule has 1 atom stereocenters. The maximum absolute atomic E-state index is 12.4. The molecule has 0 aromatic carbocycles. The molecule has 1 fully saturated rings. The topological polar surface area (TPSA) is 41.1 Å².